The molecule has 1 aliphatic rings. The lowest BCUT2D eigenvalue weighted by molar-refractivity contribution is -0.121. The number of hydrogen-bond acceptors (Lipinski definition) is 3. The fraction of sp³-hybridized carbons (Fsp3) is 0.900. The first-order chi connectivity index (χ1) is 6.74. The Bertz CT molecular complexity index is 179. The van der Waals surface area contributed by atoms with Gasteiger partial charge < -0.3 is 15.4 Å². The molecule has 0 bridgehead atoms. The van der Waals surface area contributed by atoms with Gasteiger partial charge in [0.05, 0.1) is 6.61 Å². The predicted molar refractivity (Wildman–Crippen MR) is 55.1 cm³/mol. The van der Waals surface area contributed by atoms with Crippen molar-refractivity contribution in [2.24, 2.45) is 5.92 Å². The topological polar surface area (TPSA) is 50.4 Å². The number of carbonyl (C=O) groups is 1. The summed E-state index contributed by atoms with van der Waals surface area (Å²) in [4.78, 5) is 11.4. The molecule has 1 aliphatic heterocycles. The van der Waals surface area contributed by atoms with Gasteiger partial charge in [-0.2, -0.15) is 0 Å². The largest absolute Gasteiger partial charge is 0.381 e. The number of carbonyl (C=O) groups excluding carboxylic acids is 1. The first-order valence-corrected chi connectivity index (χ1v) is 5.25. The van der Waals surface area contributed by atoms with Gasteiger partial charge >= 0.3 is 0 Å². The molecule has 0 aromatic carbocycles. The van der Waals surface area contributed by atoms with E-state index in [-0.39, 0.29) is 11.9 Å². The Morgan fingerprint density at radius 2 is 2.43 bits per heavy atom. The minimum absolute atomic E-state index is 0.124. The maximum absolute atomic E-state index is 11.4. The van der Waals surface area contributed by atoms with E-state index in [2.05, 4.69) is 17.6 Å². The standard InChI is InChI=1S/C10H20N2O2/c1-8(9-4-6-14-7-9)12-10(13)3-5-11-2/h8-9,11H,3-7H2,1-2H3,(H,12,13). The minimum Gasteiger partial charge on any atom is -0.381 e. The second kappa shape index (κ2) is 5.98. The Hall–Kier alpha value is -0.610. The highest BCUT2D eigenvalue weighted by Crippen LogP contribution is 2.16. The second-order valence-electron chi connectivity index (χ2n) is 3.83. The lowest BCUT2D eigenvalue weighted by Crippen LogP contribution is -2.39. The predicted octanol–water partition coefficient (Wildman–Crippen LogP) is 0.137. The highest BCUT2D eigenvalue weighted by Gasteiger charge is 2.23. The van der Waals surface area contributed by atoms with Crippen molar-refractivity contribution < 1.29 is 9.53 Å². The van der Waals surface area contributed by atoms with Crippen LogP contribution in [-0.2, 0) is 9.53 Å². The van der Waals surface area contributed by atoms with Crippen LogP contribution in [0.3, 0.4) is 0 Å². The molecule has 4 nitrogen and oxygen atoms in total. The third-order valence-corrected chi connectivity index (χ3v) is 2.66. The summed E-state index contributed by atoms with van der Waals surface area (Å²) < 4.78 is 5.28. The van der Waals surface area contributed by atoms with Crippen molar-refractivity contribution in [3.05, 3.63) is 0 Å². The molecule has 0 aliphatic carbocycles. The average Bonchev–Trinajstić information content (AvgIpc) is 2.67. The zero-order valence-electron chi connectivity index (χ0n) is 9.01. The molecule has 1 saturated heterocycles. The lowest BCUT2D eigenvalue weighted by Gasteiger charge is -2.19. The molecule has 1 fully saturated rings. The highest BCUT2D eigenvalue weighted by molar-refractivity contribution is 5.76. The van der Waals surface area contributed by atoms with Crippen LogP contribution in [0.4, 0.5) is 0 Å². The monoisotopic (exact) mass is 200 g/mol. The molecule has 0 aromatic heterocycles. The van der Waals surface area contributed by atoms with Crippen LogP contribution >= 0.6 is 0 Å². The van der Waals surface area contributed by atoms with Gasteiger partial charge in [0.25, 0.3) is 0 Å². The Morgan fingerprint density at radius 1 is 1.64 bits per heavy atom. The Balaban J connectivity index is 2.18. The zero-order valence-corrected chi connectivity index (χ0v) is 9.01. The van der Waals surface area contributed by atoms with Crippen LogP contribution < -0.4 is 10.6 Å². The summed E-state index contributed by atoms with van der Waals surface area (Å²) in [6.45, 7) is 4.41. The van der Waals surface area contributed by atoms with Gasteiger partial charge in [0.15, 0.2) is 0 Å². The molecule has 1 rings (SSSR count). The normalized spacial score (nSPS) is 23.4. The molecule has 0 aromatic rings. The second-order valence-corrected chi connectivity index (χ2v) is 3.83. The van der Waals surface area contributed by atoms with Gasteiger partial charge in [-0.1, -0.05) is 0 Å². The third kappa shape index (κ3) is 3.64. The van der Waals surface area contributed by atoms with Crippen molar-refractivity contribution >= 4 is 5.91 Å². The molecule has 14 heavy (non-hydrogen) atoms. The summed E-state index contributed by atoms with van der Waals surface area (Å²) in [6, 6.07) is 0.238. The minimum atomic E-state index is 0.124. The van der Waals surface area contributed by atoms with E-state index in [4.69, 9.17) is 4.74 Å². The van der Waals surface area contributed by atoms with E-state index in [1.165, 1.54) is 0 Å². The summed E-state index contributed by atoms with van der Waals surface area (Å²) in [5.41, 5.74) is 0. The maximum atomic E-state index is 11.4. The van der Waals surface area contributed by atoms with E-state index < -0.39 is 0 Å². The SMILES string of the molecule is CNCCC(=O)NC(C)C1CCOC1. The number of hydrogen-bond donors (Lipinski definition) is 2. The lowest BCUT2D eigenvalue weighted by atomic mass is 10.0. The molecule has 0 spiro atoms. The molecule has 1 amide bonds. The van der Waals surface area contributed by atoms with E-state index in [1.54, 1.807) is 0 Å². The Morgan fingerprint density at radius 3 is 3.00 bits per heavy atom. The van der Waals surface area contributed by atoms with Gasteiger partial charge in [-0.05, 0) is 20.4 Å². The smallest absolute Gasteiger partial charge is 0.221 e. The number of rotatable bonds is 5. The molecule has 0 radical (unpaired) electrons. The van der Waals surface area contributed by atoms with Crippen LogP contribution in [0.5, 0.6) is 0 Å². The molecule has 2 N–H and O–H groups in total. The van der Waals surface area contributed by atoms with Crippen LogP contribution in [0, 0.1) is 5.92 Å². The maximum Gasteiger partial charge on any atom is 0.221 e. The van der Waals surface area contributed by atoms with Crippen molar-refractivity contribution in [1.82, 2.24) is 10.6 Å². The number of ether oxygens (including phenoxy) is 1. The van der Waals surface area contributed by atoms with Crippen molar-refractivity contribution in [1.29, 1.82) is 0 Å². The van der Waals surface area contributed by atoms with Gasteiger partial charge in [0.1, 0.15) is 0 Å². The summed E-state index contributed by atoms with van der Waals surface area (Å²) in [5.74, 6) is 0.618. The van der Waals surface area contributed by atoms with Crippen LogP contribution in [0.25, 0.3) is 0 Å². The van der Waals surface area contributed by atoms with Crippen LogP contribution in [0.2, 0.25) is 0 Å². The summed E-state index contributed by atoms with van der Waals surface area (Å²) >= 11 is 0. The van der Waals surface area contributed by atoms with Crippen LogP contribution in [-0.4, -0.2) is 38.8 Å². The van der Waals surface area contributed by atoms with E-state index in [0.29, 0.717) is 12.3 Å². The molecular formula is C10H20N2O2. The zero-order chi connectivity index (χ0) is 10.4. The van der Waals surface area contributed by atoms with E-state index >= 15 is 0 Å². The van der Waals surface area contributed by atoms with Crippen LogP contribution in [0.15, 0.2) is 0 Å². The number of nitrogens with one attached hydrogen (secondary N) is 2. The van der Waals surface area contributed by atoms with E-state index in [9.17, 15) is 4.79 Å². The summed E-state index contributed by atoms with van der Waals surface area (Å²) in [5, 5.41) is 5.95. The molecule has 0 saturated carbocycles. The molecule has 1 heterocycles. The van der Waals surface area contributed by atoms with Crippen molar-refractivity contribution in [2.45, 2.75) is 25.8 Å². The van der Waals surface area contributed by atoms with Gasteiger partial charge in [-0.3, -0.25) is 4.79 Å². The van der Waals surface area contributed by atoms with Gasteiger partial charge in [0, 0.05) is 31.5 Å². The molecule has 2 unspecified atom stereocenters. The van der Waals surface area contributed by atoms with Gasteiger partial charge in [-0.25, -0.2) is 0 Å². The average molecular weight is 200 g/mol. The first-order valence-electron chi connectivity index (χ1n) is 5.25. The third-order valence-electron chi connectivity index (χ3n) is 2.66. The molecule has 2 atom stereocenters. The Labute approximate surface area is 85.4 Å². The molecule has 82 valence electrons. The van der Waals surface area contributed by atoms with E-state index in [1.807, 2.05) is 7.05 Å². The first kappa shape index (κ1) is 11.5. The summed E-state index contributed by atoms with van der Waals surface area (Å²) in [7, 11) is 1.85. The highest BCUT2D eigenvalue weighted by atomic mass is 16.5. The number of amides is 1. The summed E-state index contributed by atoms with van der Waals surface area (Å²) in [6.07, 6.45) is 1.61. The van der Waals surface area contributed by atoms with E-state index in [0.717, 1.165) is 26.2 Å². The molecular weight excluding hydrogens is 180 g/mol. The van der Waals surface area contributed by atoms with Crippen molar-refractivity contribution in [3.8, 4) is 0 Å². The van der Waals surface area contributed by atoms with Crippen molar-refractivity contribution in [2.75, 3.05) is 26.8 Å². The van der Waals surface area contributed by atoms with Crippen molar-refractivity contribution in [3.63, 3.8) is 0 Å². The quantitative estimate of drug-likeness (QED) is 0.663. The Kier molecular flexibility index (Phi) is 4.90. The fourth-order valence-corrected chi connectivity index (χ4v) is 1.63. The molecule has 4 heteroatoms. The van der Waals surface area contributed by atoms with Gasteiger partial charge in [-0.15, -0.1) is 0 Å². The van der Waals surface area contributed by atoms with Crippen LogP contribution in [0.1, 0.15) is 19.8 Å². The van der Waals surface area contributed by atoms with Gasteiger partial charge in [0.2, 0.25) is 5.91 Å². The fourth-order valence-electron chi connectivity index (χ4n) is 1.63.